The molecule has 0 amide bonds. The smallest absolute Gasteiger partial charge is 0.140 e. The molecule has 2 aromatic rings. The summed E-state index contributed by atoms with van der Waals surface area (Å²) < 4.78 is 6.25. The predicted molar refractivity (Wildman–Crippen MR) is 86.3 cm³/mol. The number of hydrogen-bond acceptors (Lipinski definition) is 4. The first-order valence-electron chi connectivity index (χ1n) is 6.39. The van der Waals surface area contributed by atoms with Crippen molar-refractivity contribution in [2.45, 2.75) is 13.3 Å². The number of pyridine rings is 1. The Bertz CT molecular complexity index is 602. The van der Waals surface area contributed by atoms with Crippen molar-refractivity contribution in [3.63, 3.8) is 0 Å². The molecule has 0 radical (unpaired) electrons. The zero-order valence-electron chi connectivity index (χ0n) is 11.6. The molecule has 0 bridgehead atoms. The molecule has 5 heteroatoms. The molecule has 0 unspecified atom stereocenters. The molecule has 0 spiro atoms. The quantitative estimate of drug-likeness (QED) is 0.879. The average molecular weight is 336 g/mol. The third kappa shape index (κ3) is 3.22. The van der Waals surface area contributed by atoms with E-state index < -0.39 is 0 Å². The molecule has 3 N–H and O–H groups in total. The number of aromatic nitrogens is 1. The number of anilines is 2. The van der Waals surface area contributed by atoms with Crippen LogP contribution in [0.5, 0.6) is 5.75 Å². The van der Waals surface area contributed by atoms with E-state index in [-0.39, 0.29) is 0 Å². The molecule has 0 fully saturated rings. The zero-order valence-corrected chi connectivity index (χ0v) is 13.2. The van der Waals surface area contributed by atoms with E-state index in [0.29, 0.717) is 5.69 Å². The largest absolute Gasteiger partial charge is 0.496 e. The summed E-state index contributed by atoms with van der Waals surface area (Å²) >= 11 is 3.52. The van der Waals surface area contributed by atoms with Gasteiger partial charge in [-0.2, -0.15) is 0 Å². The number of benzene rings is 1. The Hall–Kier alpha value is -1.75. The maximum Gasteiger partial charge on any atom is 0.140 e. The number of nitrogen functional groups attached to an aromatic ring is 1. The monoisotopic (exact) mass is 335 g/mol. The lowest BCUT2D eigenvalue weighted by Crippen LogP contribution is -2.08. The fourth-order valence-corrected chi connectivity index (χ4v) is 2.41. The lowest BCUT2D eigenvalue weighted by molar-refractivity contribution is 0.410. The summed E-state index contributed by atoms with van der Waals surface area (Å²) in [7, 11) is 1.69. The highest BCUT2D eigenvalue weighted by atomic mass is 79.9. The first-order chi connectivity index (χ1) is 9.63. The van der Waals surface area contributed by atoms with Gasteiger partial charge in [-0.15, -0.1) is 0 Å². The molecule has 0 atom stereocenters. The van der Waals surface area contributed by atoms with Gasteiger partial charge in [-0.1, -0.05) is 18.2 Å². The molecule has 4 nitrogen and oxygen atoms in total. The van der Waals surface area contributed by atoms with E-state index in [2.05, 4.69) is 32.3 Å². The van der Waals surface area contributed by atoms with Crippen LogP contribution in [0.25, 0.3) is 0 Å². The van der Waals surface area contributed by atoms with Crippen molar-refractivity contribution in [3.8, 4) is 5.75 Å². The Kier molecular flexibility index (Phi) is 4.84. The van der Waals surface area contributed by atoms with Crippen molar-refractivity contribution in [3.05, 3.63) is 46.1 Å². The number of ether oxygens (including phenoxy) is 1. The molecule has 106 valence electrons. The third-order valence-electron chi connectivity index (χ3n) is 3.18. The molecule has 2 rings (SSSR count). The van der Waals surface area contributed by atoms with Crippen LogP contribution in [0.3, 0.4) is 0 Å². The van der Waals surface area contributed by atoms with Gasteiger partial charge in [0.15, 0.2) is 0 Å². The third-order valence-corrected chi connectivity index (χ3v) is 4.15. The van der Waals surface area contributed by atoms with Crippen LogP contribution in [0.15, 0.2) is 34.9 Å². The summed E-state index contributed by atoms with van der Waals surface area (Å²) in [6, 6.07) is 8.02. The van der Waals surface area contributed by atoms with Crippen LogP contribution in [0.2, 0.25) is 0 Å². The van der Waals surface area contributed by atoms with Gasteiger partial charge >= 0.3 is 0 Å². The summed E-state index contributed by atoms with van der Waals surface area (Å²) in [5, 5.41) is 3.31. The molecule has 0 saturated heterocycles. The fourth-order valence-electron chi connectivity index (χ4n) is 1.94. The van der Waals surface area contributed by atoms with Gasteiger partial charge in [0.1, 0.15) is 11.6 Å². The Morgan fingerprint density at radius 2 is 2.10 bits per heavy atom. The van der Waals surface area contributed by atoms with E-state index in [1.165, 1.54) is 5.56 Å². The minimum absolute atomic E-state index is 0.687. The number of nitrogens with two attached hydrogens (primary N) is 1. The summed E-state index contributed by atoms with van der Waals surface area (Å²) in [6.07, 6.45) is 2.53. The van der Waals surface area contributed by atoms with E-state index in [1.807, 2.05) is 25.1 Å². The highest BCUT2D eigenvalue weighted by Gasteiger charge is 2.07. The molecule has 0 aliphatic heterocycles. The molecule has 1 heterocycles. The van der Waals surface area contributed by atoms with Crippen LogP contribution in [0, 0.1) is 6.92 Å². The van der Waals surface area contributed by atoms with Crippen molar-refractivity contribution in [1.82, 2.24) is 4.98 Å². The first-order valence-corrected chi connectivity index (χ1v) is 7.19. The number of rotatable bonds is 5. The average Bonchev–Trinajstić information content (AvgIpc) is 2.47. The SMILES string of the molecule is COc1ccccc1CCNc1ncc(N)c(C)c1Br. The Labute approximate surface area is 127 Å². The minimum atomic E-state index is 0.687. The van der Waals surface area contributed by atoms with Crippen molar-refractivity contribution >= 4 is 27.4 Å². The number of para-hydroxylation sites is 1. The molecule has 20 heavy (non-hydrogen) atoms. The van der Waals surface area contributed by atoms with Crippen LogP contribution in [-0.2, 0) is 6.42 Å². The molecule has 1 aromatic carbocycles. The van der Waals surface area contributed by atoms with Crippen molar-refractivity contribution in [2.75, 3.05) is 24.7 Å². The molecule has 0 saturated carbocycles. The van der Waals surface area contributed by atoms with Gasteiger partial charge < -0.3 is 15.8 Å². The first kappa shape index (κ1) is 14.7. The Morgan fingerprint density at radius 3 is 2.85 bits per heavy atom. The standard InChI is InChI=1S/C15H18BrN3O/c1-10-12(17)9-19-15(14(10)16)18-8-7-11-5-3-4-6-13(11)20-2/h3-6,9H,7-8,17H2,1-2H3,(H,18,19). The van der Waals surface area contributed by atoms with Crippen LogP contribution in [0.1, 0.15) is 11.1 Å². The summed E-state index contributed by atoms with van der Waals surface area (Å²) in [5.41, 5.74) is 8.67. The Balaban J connectivity index is 2.01. The summed E-state index contributed by atoms with van der Waals surface area (Å²) in [4.78, 5) is 4.30. The second-order valence-electron chi connectivity index (χ2n) is 4.49. The van der Waals surface area contributed by atoms with Gasteiger partial charge in [-0.3, -0.25) is 0 Å². The summed E-state index contributed by atoms with van der Waals surface area (Å²) in [5.74, 6) is 1.72. The number of nitrogens with zero attached hydrogens (tertiary/aromatic N) is 1. The topological polar surface area (TPSA) is 60.2 Å². The zero-order chi connectivity index (χ0) is 14.5. The lowest BCUT2D eigenvalue weighted by Gasteiger charge is -2.12. The van der Waals surface area contributed by atoms with E-state index >= 15 is 0 Å². The van der Waals surface area contributed by atoms with Crippen LogP contribution < -0.4 is 15.8 Å². The number of halogens is 1. The van der Waals surface area contributed by atoms with E-state index in [1.54, 1.807) is 13.3 Å². The molecule has 0 aliphatic rings. The van der Waals surface area contributed by atoms with Crippen molar-refractivity contribution < 1.29 is 4.74 Å². The number of methoxy groups -OCH3 is 1. The van der Waals surface area contributed by atoms with Gasteiger partial charge in [-0.25, -0.2) is 4.98 Å². The number of hydrogen-bond donors (Lipinski definition) is 2. The van der Waals surface area contributed by atoms with Crippen molar-refractivity contribution in [1.29, 1.82) is 0 Å². The molecule has 0 aliphatic carbocycles. The number of nitrogens with one attached hydrogen (secondary N) is 1. The van der Waals surface area contributed by atoms with Crippen LogP contribution in [0.4, 0.5) is 11.5 Å². The van der Waals surface area contributed by atoms with Crippen LogP contribution >= 0.6 is 15.9 Å². The maximum atomic E-state index is 5.81. The van der Waals surface area contributed by atoms with E-state index in [4.69, 9.17) is 10.5 Å². The van der Waals surface area contributed by atoms with Gasteiger partial charge in [0.05, 0.1) is 23.5 Å². The second-order valence-corrected chi connectivity index (χ2v) is 5.28. The normalized spacial score (nSPS) is 10.3. The van der Waals surface area contributed by atoms with E-state index in [0.717, 1.165) is 34.6 Å². The van der Waals surface area contributed by atoms with Gasteiger partial charge in [0.25, 0.3) is 0 Å². The molecular weight excluding hydrogens is 318 g/mol. The fraction of sp³-hybridized carbons (Fsp3) is 0.267. The summed E-state index contributed by atoms with van der Waals surface area (Å²) in [6.45, 7) is 2.74. The highest BCUT2D eigenvalue weighted by Crippen LogP contribution is 2.27. The van der Waals surface area contributed by atoms with Gasteiger partial charge in [0, 0.05) is 6.54 Å². The molecule has 1 aromatic heterocycles. The lowest BCUT2D eigenvalue weighted by atomic mass is 10.1. The minimum Gasteiger partial charge on any atom is -0.496 e. The Morgan fingerprint density at radius 1 is 1.35 bits per heavy atom. The van der Waals surface area contributed by atoms with Gasteiger partial charge in [-0.05, 0) is 46.5 Å². The predicted octanol–water partition coefficient (Wildman–Crippen LogP) is 3.40. The second kappa shape index (κ2) is 6.61. The highest BCUT2D eigenvalue weighted by molar-refractivity contribution is 9.10. The maximum absolute atomic E-state index is 5.81. The molecular formula is C15H18BrN3O. The van der Waals surface area contributed by atoms with E-state index in [9.17, 15) is 0 Å². The van der Waals surface area contributed by atoms with Crippen molar-refractivity contribution in [2.24, 2.45) is 0 Å². The van der Waals surface area contributed by atoms with Gasteiger partial charge in [0.2, 0.25) is 0 Å². The van der Waals surface area contributed by atoms with Crippen LogP contribution in [-0.4, -0.2) is 18.6 Å².